The molecular weight excluding hydrogens is 156 g/mol. The fourth-order valence-corrected chi connectivity index (χ4v) is 1.94. The van der Waals surface area contributed by atoms with Crippen LogP contribution in [-0.4, -0.2) is 23.3 Å². The zero-order valence-corrected chi connectivity index (χ0v) is 7.19. The molecular formula is C9H14O3. The van der Waals surface area contributed by atoms with Crippen molar-refractivity contribution in [2.24, 2.45) is 11.8 Å². The summed E-state index contributed by atoms with van der Waals surface area (Å²) < 4.78 is 5.58. The maximum absolute atomic E-state index is 10.7. The Labute approximate surface area is 71.7 Å². The first-order valence-corrected chi connectivity index (χ1v) is 4.56. The van der Waals surface area contributed by atoms with Crippen LogP contribution < -0.4 is 0 Å². The van der Waals surface area contributed by atoms with Crippen molar-refractivity contribution < 1.29 is 14.6 Å². The lowest BCUT2D eigenvalue weighted by molar-refractivity contribution is -0.143. The lowest BCUT2D eigenvalue weighted by Gasteiger charge is -2.08. The molecule has 2 fully saturated rings. The van der Waals surface area contributed by atoms with Gasteiger partial charge in [-0.15, -0.1) is 0 Å². The molecule has 0 aromatic heterocycles. The lowest BCUT2D eigenvalue weighted by atomic mass is 9.99. The summed E-state index contributed by atoms with van der Waals surface area (Å²) in [6.07, 6.45) is 3.32. The third-order valence-corrected chi connectivity index (χ3v) is 2.91. The maximum Gasteiger partial charge on any atom is 0.309 e. The fourth-order valence-electron chi connectivity index (χ4n) is 1.94. The Hall–Kier alpha value is -0.570. The highest BCUT2D eigenvalue weighted by Gasteiger charge is 2.43. The smallest absolute Gasteiger partial charge is 0.309 e. The molecule has 12 heavy (non-hydrogen) atoms. The topological polar surface area (TPSA) is 46.5 Å². The molecule has 1 N–H and O–H groups in total. The normalized spacial score (nSPS) is 41.6. The standard InChI is InChI=1S/C9H14O3/c1-5-7(9(10)11)4-8(12-5)6-2-3-6/h5-8H,2-4H2,1H3,(H,10,11). The zero-order valence-electron chi connectivity index (χ0n) is 7.19. The van der Waals surface area contributed by atoms with Crippen LogP contribution in [0.15, 0.2) is 0 Å². The number of rotatable bonds is 2. The Morgan fingerprint density at radius 3 is 2.58 bits per heavy atom. The number of aliphatic carboxylic acids is 1. The maximum atomic E-state index is 10.7. The molecule has 1 saturated carbocycles. The predicted molar refractivity (Wildman–Crippen MR) is 42.8 cm³/mol. The Morgan fingerprint density at radius 2 is 2.17 bits per heavy atom. The van der Waals surface area contributed by atoms with E-state index < -0.39 is 5.97 Å². The van der Waals surface area contributed by atoms with Gasteiger partial charge in [0.15, 0.2) is 0 Å². The van der Waals surface area contributed by atoms with Crippen molar-refractivity contribution in [3.8, 4) is 0 Å². The van der Waals surface area contributed by atoms with Gasteiger partial charge in [0.2, 0.25) is 0 Å². The van der Waals surface area contributed by atoms with E-state index in [1.54, 1.807) is 0 Å². The molecule has 1 aliphatic heterocycles. The van der Waals surface area contributed by atoms with Gasteiger partial charge in [0.1, 0.15) is 0 Å². The van der Waals surface area contributed by atoms with E-state index in [0.717, 1.165) is 6.42 Å². The highest BCUT2D eigenvalue weighted by Crippen LogP contribution is 2.42. The van der Waals surface area contributed by atoms with E-state index in [1.165, 1.54) is 12.8 Å². The molecule has 1 saturated heterocycles. The number of hydrogen-bond donors (Lipinski definition) is 1. The molecule has 2 rings (SSSR count). The molecule has 2 aliphatic rings. The number of ether oxygens (including phenoxy) is 1. The SMILES string of the molecule is CC1OC(C2CC2)CC1C(=O)O. The Bertz CT molecular complexity index is 198. The van der Waals surface area contributed by atoms with E-state index in [4.69, 9.17) is 9.84 Å². The zero-order chi connectivity index (χ0) is 8.72. The van der Waals surface area contributed by atoms with Crippen molar-refractivity contribution >= 4 is 5.97 Å². The van der Waals surface area contributed by atoms with Crippen molar-refractivity contribution in [2.45, 2.75) is 38.4 Å². The van der Waals surface area contributed by atoms with Gasteiger partial charge in [0.05, 0.1) is 18.1 Å². The summed E-state index contributed by atoms with van der Waals surface area (Å²) in [5.74, 6) is -0.307. The van der Waals surface area contributed by atoms with Crippen LogP contribution in [0, 0.1) is 11.8 Å². The molecule has 0 bridgehead atoms. The second kappa shape index (κ2) is 2.73. The molecule has 3 unspecified atom stereocenters. The Morgan fingerprint density at radius 1 is 1.50 bits per heavy atom. The molecule has 0 aromatic rings. The summed E-state index contributed by atoms with van der Waals surface area (Å²) in [5.41, 5.74) is 0. The minimum Gasteiger partial charge on any atom is -0.481 e. The summed E-state index contributed by atoms with van der Waals surface area (Å²) in [7, 11) is 0. The molecule has 0 radical (unpaired) electrons. The van der Waals surface area contributed by atoms with Gasteiger partial charge >= 0.3 is 5.97 Å². The van der Waals surface area contributed by atoms with Crippen LogP contribution in [0.3, 0.4) is 0 Å². The first-order chi connectivity index (χ1) is 5.68. The van der Waals surface area contributed by atoms with E-state index in [2.05, 4.69) is 0 Å². The molecule has 68 valence electrons. The second-order valence-electron chi connectivity index (χ2n) is 3.90. The third-order valence-electron chi connectivity index (χ3n) is 2.91. The lowest BCUT2D eigenvalue weighted by Crippen LogP contribution is -2.20. The highest BCUT2D eigenvalue weighted by atomic mass is 16.5. The number of hydrogen-bond acceptors (Lipinski definition) is 2. The first kappa shape index (κ1) is 8.05. The molecule has 0 amide bonds. The van der Waals surface area contributed by atoms with Gasteiger partial charge in [0, 0.05) is 0 Å². The van der Waals surface area contributed by atoms with Crippen LogP contribution >= 0.6 is 0 Å². The van der Waals surface area contributed by atoms with Crippen molar-refractivity contribution in [1.29, 1.82) is 0 Å². The summed E-state index contributed by atoms with van der Waals surface area (Å²) in [6.45, 7) is 1.86. The van der Waals surface area contributed by atoms with Crippen molar-refractivity contribution in [2.75, 3.05) is 0 Å². The predicted octanol–water partition coefficient (Wildman–Crippen LogP) is 1.27. The fraction of sp³-hybridized carbons (Fsp3) is 0.889. The number of carboxylic acid groups (broad SMARTS) is 1. The van der Waals surface area contributed by atoms with Crippen LogP contribution in [0.25, 0.3) is 0 Å². The first-order valence-electron chi connectivity index (χ1n) is 4.56. The minimum absolute atomic E-state index is 0.0897. The second-order valence-corrected chi connectivity index (χ2v) is 3.90. The third kappa shape index (κ3) is 1.33. The van der Waals surface area contributed by atoms with Crippen LogP contribution in [0.2, 0.25) is 0 Å². The Balaban J connectivity index is 1.96. The minimum atomic E-state index is -0.703. The van der Waals surface area contributed by atoms with Gasteiger partial charge in [-0.2, -0.15) is 0 Å². The summed E-state index contributed by atoms with van der Waals surface area (Å²) >= 11 is 0. The monoisotopic (exact) mass is 170 g/mol. The van der Waals surface area contributed by atoms with E-state index in [-0.39, 0.29) is 18.1 Å². The summed E-state index contributed by atoms with van der Waals surface area (Å²) in [5, 5.41) is 8.82. The van der Waals surface area contributed by atoms with Crippen LogP contribution in [0.4, 0.5) is 0 Å². The van der Waals surface area contributed by atoms with Crippen molar-refractivity contribution in [1.82, 2.24) is 0 Å². The average molecular weight is 170 g/mol. The van der Waals surface area contributed by atoms with E-state index in [0.29, 0.717) is 5.92 Å². The average Bonchev–Trinajstić information content (AvgIpc) is 2.75. The summed E-state index contributed by atoms with van der Waals surface area (Å²) in [4.78, 5) is 10.7. The van der Waals surface area contributed by atoms with Crippen molar-refractivity contribution in [3.05, 3.63) is 0 Å². The summed E-state index contributed by atoms with van der Waals surface area (Å²) in [6, 6.07) is 0. The molecule has 3 nitrogen and oxygen atoms in total. The van der Waals surface area contributed by atoms with Gasteiger partial charge < -0.3 is 9.84 Å². The molecule has 0 aromatic carbocycles. The molecule has 0 spiro atoms. The molecule has 1 aliphatic carbocycles. The van der Waals surface area contributed by atoms with E-state index >= 15 is 0 Å². The molecule has 3 atom stereocenters. The van der Waals surface area contributed by atoms with Gasteiger partial charge in [-0.1, -0.05) is 0 Å². The van der Waals surface area contributed by atoms with E-state index in [1.807, 2.05) is 6.92 Å². The van der Waals surface area contributed by atoms with Crippen LogP contribution in [0.1, 0.15) is 26.2 Å². The molecule has 1 heterocycles. The van der Waals surface area contributed by atoms with Gasteiger partial charge in [-0.25, -0.2) is 0 Å². The number of carboxylic acids is 1. The van der Waals surface area contributed by atoms with Gasteiger partial charge in [0.25, 0.3) is 0 Å². The quantitative estimate of drug-likeness (QED) is 0.679. The molecule has 3 heteroatoms. The highest BCUT2D eigenvalue weighted by molar-refractivity contribution is 5.71. The largest absolute Gasteiger partial charge is 0.481 e. The Kier molecular flexibility index (Phi) is 1.83. The van der Waals surface area contributed by atoms with Gasteiger partial charge in [-0.05, 0) is 32.1 Å². The van der Waals surface area contributed by atoms with E-state index in [9.17, 15) is 4.79 Å². The number of carbonyl (C=O) groups is 1. The van der Waals surface area contributed by atoms with Crippen LogP contribution in [-0.2, 0) is 9.53 Å². The van der Waals surface area contributed by atoms with Gasteiger partial charge in [-0.3, -0.25) is 4.79 Å². The van der Waals surface area contributed by atoms with Crippen LogP contribution in [0.5, 0.6) is 0 Å². The van der Waals surface area contributed by atoms with Crippen molar-refractivity contribution in [3.63, 3.8) is 0 Å².